The highest BCUT2D eigenvalue weighted by molar-refractivity contribution is 9.11. The first-order chi connectivity index (χ1) is 9.16. The molecule has 19 heavy (non-hydrogen) atoms. The quantitative estimate of drug-likeness (QED) is 0.553. The van der Waals surface area contributed by atoms with E-state index < -0.39 is 0 Å². The van der Waals surface area contributed by atoms with Gasteiger partial charge in [-0.3, -0.25) is 4.79 Å². The standard InChI is InChI=1S/C15H8BrClOS/c16-14-7-9(8-19-14)15(18)12-5-6-13(17)11-4-2-1-3-10(11)12/h1-8H. The molecule has 0 N–H and O–H groups in total. The van der Waals surface area contributed by atoms with Crippen molar-refractivity contribution in [3.8, 4) is 0 Å². The van der Waals surface area contributed by atoms with Gasteiger partial charge in [0.05, 0.1) is 3.79 Å². The van der Waals surface area contributed by atoms with Gasteiger partial charge < -0.3 is 0 Å². The Balaban J connectivity index is 2.21. The molecular formula is C15H8BrClOS. The van der Waals surface area contributed by atoms with E-state index in [-0.39, 0.29) is 5.78 Å². The van der Waals surface area contributed by atoms with Crippen molar-refractivity contribution in [3.05, 3.63) is 67.8 Å². The molecule has 0 amide bonds. The van der Waals surface area contributed by atoms with Gasteiger partial charge in [0.1, 0.15) is 0 Å². The fraction of sp³-hybridized carbons (Fsp3) is 0. The van der Waals surface area contributed by atoms with Crippen LogP contribution in [0.3, 0.4) is 0 Å². The molecule has 1 nitrogen and oxygen atoms in total. The Hall–Kier alpha value is -1.16. The largest absolute Gasteiger partial charge is 0.289 e. The second kappa shape index (κ2) is 5.08. The van der Waals surface area contributed by atoms with Crippen molar-refractivity contribution in [3.63, 3.8) is 0 Å². The lowest BCUT2D eigenvalue weighted by Crippen LogP contribution is -2.00. The molecule has 0 atom stereocenters. The summed E-state index contributed by atoms with van der Waals surface area (Å²) in [7, 11) is 0. The summed E-state index contributed by atoms with van der Waals surface area (Å²) in [5, 5.41) is 4.32. The van der Waals surface area contributed by atoms with E-state index in [1.807, 2.05) is 35.7 Å². The van der Waals surface area contributed by atoms with Gasteiger partial charge in [-0.2, -0.15) is 0 Å². The van der Waals surface area contributed by atoms with E-state index in [4.69, 9.17) is 11.6 Å². The highest BCUT2D eigenvalue weighted by atomic mass is 79.9. The number of hydrogen-bond acceptors (Lipinski definition) is 2. The predicted octanol–water partition coefficient (Wildman–Crippen LogP) is 5.55. The van der Waals surface area contributed by atoms with Gasteiger partial charge in [-0.15, -0.1) is 11.3 Å². The van der Waals surface area contributed by atoms with Gasteiger partial charge in [0.2, 0.25) is 0 Å². The summed E-state index contributed by atoms with van der Waals surface area (Å²) in [5.74, 6) is 0.0230. The van der Waals surface area contributed by atoms with Crippen LogP contribution in [0.2, 0.25) is 5.02 Å². The van der Waals surface area contributed by atoms with Crippen molar-refractivity contribution in [2.24, 2.45) is 0 Å². The van der Waals surface area contributed by atoms with Crippen LogP contribution in [0.4, 0.5) is 0 Å². The van der Waals surface area contributed by atoms with Crippen molar-refractivity contribution in [1.29, 1.82) is 0 Å². The summed E-state index contributed by atoms with van der Waals surface area (Å²) in [6.45, 7) is 0. The van der Waals surface area contributed by atoms with E-state index in [2.05, 4.69) is 15.9 Å². The topological polar surface area (TPSA) is 17.1 Å². The number of thiophene rings is 1. The molecule has 2 aromatic carbocycles. The molecule has 0 saturated carbocycles. The molecule has 0 spiro atoms. The number of carbonyl (C=O) groups is 1. The maximum absolute atomic E-state index is 12.5. The highest BCUT2D eigenvalue weighted by Gasteiger charge is 2.14. The van der Waals surface area contributed by atoms with Crippen LogP contribution in [-0.2, 0) is 0 Å². The molecule has 0 radical (unpaired) electrons. The number of benzene rings is 2. The lowest BCUT2D eigenvalue weighted by molar-refractivity contribution is 0.104. The van der Waals surface area contributed by atoms with Crippen molar-refractivity contribution in [1.82, 2.24) is 0 Å². The molecule has 4 heteroatoms. The van der Waals surface area contributed by atoms with E-state index in [0.717, 1.165) is 14.6 Å². The van der Waals surface area contributed by atoms with Crippen molar-refractivity contribution < 1.29 is 4.79 Å². The Kier molecular flexibility index (Phi) is 3.44. The highest BCUT2D eigenvalue weighted by Crippen LogP contribution is 2.29. The van der Waals surface area contributed by atoms with E-state index >= 15 is 0 Å². The minimum atomic E-state index is 0.0230. The van der Waals surface area contributed by atoms with Gasteiger partial charge in [0, 0.05) is 26.9 Å². The third kappa shape index (κ3) is 2.34. The molecule has 0 fully saturated rings. The van der Waals surface area contributed by atoms with Gasteiger partial charge in [-0.1, -0.05) is 35.9 Å². The summed E-state index contributed by atoms with van der Waals surface area (Å²) >= 11 is 11.1. The summed E-state index contributed by atoms with van der Waals surface area (Å²) in [6.07, 6.45) is 0. The number of ketones is 1. The molecule has 3 rings (SSSR count). The van der Waals surface area contributed by atoms with Gasteiger partial charge in [0.15, 0.2) is 5.78 Å². The first kappa shape index (κ1) is 12.9. The molecular weight excluding hydrogens is 344 g/mol. The zero-order valence-electron chi connectivity index (χ0n) is 9.69. The van der Waals surface area contributed by atoms with Crippen LogP contribution in [-0.4, -0.2) is 5.78 Å². The van der Waals surface area contributed by atoms with Crippen LogP contribution in [0, 0.1) is 0 Å². The zero-order valence-corrected chi connectivity index (χ0v) is 12.8. The first-order valence-electron chi connectivity index (χ1n) is 5.63. The van der Waals surface area contributed by atoms with E-state index in [1.165, 1.54) is 11.3 Å². The van der Waals surface area contributed by atoms with Gasteiger partial charge in [-0.05, 0) is 39.5 Å². The molecule has 3 aromatic rings. The van der Waals surface area contributed by atoms with Gasteiger partial charge >= 0.3 is 0 Å². The second-order valence-corrected chi connectivity index (χ2v) is 6.81. The summed E-state index contributed by atoms with van der Waals surface area (Å²) in [5.41, 5.74) is 1.38. The van der Waals surface area contributed by atoms with Crippen LogP contribution in [0.15, 0.2) is 51.6 Å². The Morgan fingerprint density at radius 3 is 2.53 bits per heavy atom. The second-order valence-electron chi connectivity index (χ2n) is 4.11. The Bertz CT molecular complexity index is 779. The van der Waals surface area contributed by atoms with E-state index in [9.17, 15) is 4.79 Å². The Morgan fingerprint density at radius 2 is 1.84 bits per heavy atom. The van der Waals surface area contributed by atoms with Gasteiger partial charge in [0.25, 0.3) is 0 Å². The molecule has 1 aromatic heterocycles. The normalized spacial score (nSPS) is 10.8. The SMILES string of the molecule is O=C(c1csc(Br)c1)c1ccc(Cl)c2ccccc12. The third-order valence-corrected chi connectivity index (χ3v) is 4.78. The lowest BCUT2D eigenvalue weighted by Gasteiger charge is -2.06. The fourth-order valence-electron chi connectivity index (χ4n) is 2.04. The van der Waals surface area contributed by atoms with Crippen LogP contribution < -0.4 is 0 Å². The molecule has 0 aliphatic carbocycles. The number of carbonyl (C=O) groups excluding carboxylic acids is 1. The Labute approximate surface area is 128 Å². The third-order valence-electron chi connectivity index (χ3n) is 2.95. The molecule has 0 bridgehead atoms. The van der Waals surface area contributed by atoms with Gasteiger partial charge in [-0.25, -0.2) is 0 Å². The number of rotatable bonds is 2. The van der Waals surface area contributed by atoms with Crippen LogP contribution in [0.5, 0.6) is 0 Å². The van der Waals surface area contributed by atoms with Crippen LogP contribution in [0.1, 0.15) is 15.9 Å². The Morgan fingerprint density at radius 1 is 1.11 bits per heavy atom. The predicted molar refractivity (Wildman–Crippen MR) is 84.4 cm³/mol. The van der Waals surface area contributed by atoms with Crippen molar-refractivity contribution in [2.75, 3.05) is 0 Å². The maximum atomic E-state index is 12.5. The number of halogens is 2. The van der Waals surface area contributed by atoms with E-state index in [1.54, 1.807) is 12.1 Å². The smallest absolute Gasteiger partial charge is 0.194 e. The summed E-state index contributed by atoms with van der Waals surface area (Å²) in [6, 6.07) is 13.1. The average Bonchev–Trinajstić information content (AvgIpc) is 2.86. The average molecular weight is 352 g/mol. The first-order valence-corrected chi connectivity index (χ1v) is 7.68. The molecule has 0 aliphatic rings. The lowest BCUT2D eigenvalue weighted by atomic mass is 9.99. The van der Waals surface area contributed by atoms with Crippen LogP contribution in [0.25, 0.3) is 10.8 Å². The number of fused-ring (bicyclic) bond motifs is 1. The van der Waals surface area contributed by atoms with Crippen molar-refractivity contribution in [2.45, 2.75) is 0 Å². The minimum Gasteiger partial charge on any atom is -0.289 e. The molecule has 0 aliphatic heterocycles. The zero-order chi connectivity index (χ0) is 13.4. The van der Waals surface area contributed by atoms with E-state index in [0.29, 0.717) is 16.1 Å². The minimum absolute atomic E-state index is 0.0230. The molecule has 94 valence electrons. The maximum Gasteiger partial charge on any atom is 0.194 e. The van der Waals surface area contributed by atoms with Crippen molar-refractivity contribution >= 4 is 55.4 Å². The summed E-state index contributed by atoms with van der Waals surface area (Å²) in [4.78, 5) is 12.5. The van der Waals surface area contributed by atoms with Crippen LogP contribution >= 0.6 is 38.9 Å². The molecule has 0 unspecified atom stereocenters. The monoisotopic (exact) mass is 350 g/mol. The summed E-state index contributed by atoms with van der Waals surface area (Å²) < 4.78 is 0.953. The molecule has 0 saturated heterocycles. The number of hydrogen-bond donors (Lipinski definition) is 0. The molecule has 1 heterocycles. The fourth-order valence-corrected chi connectivity index (χ4v) is 3.41.